The molecule has 1 saturated carbocycles. The third kappa shape index (κ3) is 3.67. The van der Waals surface area contributed by atoms with Gasteiger partial charge in [0.25, 0.3) is 0 Å². The highest BCUT2D eigenvalue weighted by atomic mass is 16.1. The number of Topliss-reactive ketones (excluding diaryl/α,β-unsaturated/α-hetero) is 1. The van der Waals surface area contributed by atoms with E-state index in [1.54, 1.807) is 0 Å². The van der Waals surface area contributed by atoms with E-state index in [0.29, 0.717) is 18.9 Å². The number of ketones is 1. The Balaban J connectivity index is 1.92. The first-order chi connectivity index (χ1) is 8.44. The van der Waals surface area contributed by atoms with Crippen molar-refractivity contribution in [3.8, 4) is 0 Å². The van der Waals surface area contributed by atoms with Gasteiger partial charge in [-0.3, -0.25) is 9.48 Å². The van der Waals surface area contributed by atoms with Crippen molar-refractivity contribution in [3.05, 3.63) is 18.0 Å². The number of hydrogen-bond donors (Lipinski definition) is 1. The van der Waals surface area contributed by atoms with Gasteiger partial charge in [-0.25, -0.2) is 0 Å². The molecule has 0 atom stereocenters. The normalized spacial score (nSPS) is 17.3. The lowest BCUT2D eigenvalue weighted by molar-refractivity contribution is -0.119. The van der Waals surface area contributed by atoms with Crippen LogP contribution in [0, 0.1) is 0 Å². The lowest BCUT2D eigenvalue weighted by Crippen LogP contribution is -2.35. The summed E-state index contributed by atoms with van der Waals surface area (Å²) in [7, 11) is 0. The van der Waals surface area contributed by atoms with Crippen molar-refractivity contribution in [1.82, 2.24) is 9.78 Å². The Kier molecular flexibility index (Phi) is 3.85. The van der Waals surface area contributed by atoms with Gasteiger partial charge >= 0.3 is 0 Å². The largest absolute Gasteiger partial charge is 0.325 e. The van der Waals surface area contributed by atoms with Gasteiger partial charge in [-0.1, -0.05) is 12.8 Å². The Bertz CT molecular complexity index is 411. The molecular weight excluding hydrogens is 226 g/mol. The number of carbonyl (C=O) groups excluding carboxylic acids is 1. The lowest BCUT2D eigenvalue weighted by Gasteiger charge is -2.16. The van der Waals surface area contributed by atoms with Crippen LogP contribution in [0.3, 0.4) is 0 Å². The molecule has 2 rings (SSSR count). The fourth-order valence-electron chi connectivity index (χ4n) is 2.62. The van der Waals surface area contributed by atoms with Crippen LogP contribution in [0.25, 0.3) is 0 Å². The second kappa shape index (κ2) is 5.22. The molecule has 4 heteroatoms. The minimum absolute atomic E-state index is 0.166. The van der Waals surface area contributed by atoms with Crippen LogP contribution in [0.15, 0.2) is 12.3 Å². The Labute approximate surface area is 109 Å². The van der Waals surface area contributed by atoms with Crippen molar-refractivity contribution in [2.45, 2.75) is 64.0 Å². The summed E-state index contributed by atoms with van der Waals surface area (Å²) in [5.41, 5.74) is 6.29. The van der Waals surface area contributed by atoms with Crippen molar-refractivity contribution in [3.63, 3.8) is 0 Å². The van der Waals surface area contributed by atoms with E-state index in [4.69, 9.17) is 5.73 Å². The molecule has 1 aromatic rings. The van der Waals surface area contributed by atoms with Crippen LogP contribution in [-0.4, -0.2) is 21.1 Å². The first-order valence-corrected chi connectivity index (χ1v) is 6.79. The minimum Gasteiger partial charge on any atom is -0.325 e. The van der Waals surface area contributed by atoms with Gasteiger partial charge < -0.3 is 5.73 Å². The Morgan fingerprint density at radius 3 is 2.78 bits per heavy atom. The minimum atomic E-state index is -0.425. The standard InChI is InChI=1S/C14H23N3O/c1-14(2,15)10-13(18)9-11-7-8-17(16-11)12-5-3-4-6-12/h7-8,12H,3-6,9-10,15H2,1-2H3. The Morgan fingerprint density at radius 1 is 1.50 bits per heavy atom. The van der Waals surface area contributed by atoms with Gasteiger partial charge in [0.2, 0.25) is 0 Å². The molecule has 100 valence electrons. The Morgan fingerprint density at radius 2 is 2.17 bits per heavy atom. The van der Waals surface area contributed by atoms with Crippen molar-refractivity contribution >= 4 is 5.78 Å². The third-order valence-corrected chi connectivity index (χ3v) is 3.39. The van der Waals surface area contributed by atoms with Crippen molar-refractivity contribution in [1.29, 1.82) is 0 Å². The average molecular weight is 249 g/mol. The summed E-state index contributed by atoms with van der Waals surface area (Å²) in [5.74, 6) is 0.166. The number of carbonyl (C=O) groups is 1. The van der Waals surface area contributed by atoms with Crippen LogP contribution in [-0.2, 0) is 11.2 Å². The summed E-state index contributed by atoms with van der Waals surface area (Å²) < 4.78 is 2.03. The van der Waals surface area contributed by atoms with E-state index in [-0.39, 0.29) is 5.78 Å². The molecule has 1 aliphatic rings. The van der Waals surface area contributed by atoms with Crippen LogP contribution < -0.4 is 5.73 Å². The predicted molar refractivity (Wildman–Crippen MR) is 71.3 cm³/mol. The molecule has 1 aromatic heterocycles. The second-order valence-corrected chi connectivity index (χ2v) is 6.11. The van der Waals surface area contributed by atoms with Crippen molar-refractivity contribution in [2.75, 3.05) is 0 Å². The van der Waals surface area contributed by atoms with Crippen LogP contribution in [0.4, 0.5) is 0 Å². The molecule has 0 bridgehead atoms. The fourth-order valence-corrected chi connectivity index (χ4v) is 2.62. The van der Waals surface area contributed by atoms with E-state index in [0.717, 1.165) is 5.69 Å². The maximum Gasteiger partial charge on any atom is 0.140 e. The first kappa shape index (κ1) is 13.3. The number of rotatable bonds is 5. The fraction of sp³-hybridized carbons (Fsp3) is 0.714. The highest BCUT2D eigenvalue weighted by Gasteiger charge is 2.20. The zero-order chi connectivity index (χ0) is 13.2. The maximum absolute atomic E-state index is 11.8. The van der Waals surface area contributed by atoms with Crippen LogP contribution in [0.5, 0.6) is 0 Å². The summed E-state index contributed by atoms with van der Waals surface area (Å²) in [5, 5.41) is 4.52. The van der Waals surface area contributed by atoms with Gasteiger partial charge in [0.1, 0.15) is 5.78 Å². The maximum atomic E-state index is 11.8. The number of nitrogens with two attached hydrogens (primary N) is 1. The highest BCUT2D eigenvalue weighted by molar-refractivity contribution is 5.81. The molecule has 0 amide bonds. The van der Waals surface area contributed by atoms with Gasteiger partial charge in [-0.05, 0) is 32.8 Å². The second-order valence-electron chi connectivity index (χ2n) is 6.11. The summed E-state index contributed by atoms with van der Waals surface area (Å²) in [6.45, 7) is 3.75. The van der Waals surface area contributed by atoms with Crippen LogP contribution in [0.2, 0.25) is 0 Å². The zero-order valence-electron chi connectivity index (χ0n) is 11.4. The average Bonchev–Trinajstić information content (AvgIpc) is 2.82. The van der Waals surface area contributed by atoms with Crippen molar-refractivity contribution < 1.29 is 4.79 Å². The van der Waals surface area contributed by atoms with E-state index >= 15 is 0 Å². The van der Waals surface area contributed by atoms with E-state index in [9.17, 15) is 4.79 Å². The van der Waals surface area contributed by atoms with E-state index < -0.39 is 5.54 Å². The van der Waals surface area contributed by atoms with Crippen LogP contribution >= 0.6 is 0 Å². The van der Waals surface area contributed by atoms with Gasteiger partial charge in [0.05, 0.1) is 18.2 Å². The van der Waals surface area contributed by atoms with Crippen LogP contribution in [0.1, 0.15) is 57.7 Å². The summed E-state index contributed by atoms with van der Waals surface area (Å²) >= 11 is 0. The number of nitrogens with zero attached hydrogens (tertiary/aromatic N) is 2. The molecule has 1 aliphatic carbocycles. The van der Waals surface area contributed by atoms with Crippen molar-refractivity contribution in [2.24, 2.45) is 5.73 Å². The molecule has 0 spiro atoms. The molecule has 0 aliphatic heterocycles. The molecule has 2 N–H and O–H groups in total. The molecule has 1 heterocycles. The number of hydrogen-bond acceptors (Lipinski definition) is 3. The molecule has 0 saturated heterocycles. The first-order valence-electron chi connectivity index (χ1n) is 6.79. The smallest absolute Gasteiger partial charge is 0.140 e. The monoisotopic (exact) mass is 249 g/mol. The molecule has 18 heavy (non-hydrogen) atoms. The molecule has 0 unspecified atom stereocenters. The van der Waals surface area contributed by atoms with Gasteiger partial charge in [-0.2, -0.15) is 5.10 Å². The molecule has 4 nitrogen and oxygen atoms in total. The summed E-state index contributed by atoms with van der Waals surface area (Å²) in [6, 6.07) is 2.50. The third-order valence-electron chi connectivity index (χ3n) is 3.39. The van der Waals surface area contributed by atoms with E-state index in [1.807, 2.05) is 30.8 Å². The molecular formula is C14H23N3O. The SMILES string of the molecule is CC(C)(N)CC(=O)Cc1ccn(C2CCCC2)n1. The molecule has 0 radical (unpaired) electrons. The molecule has 1 fully saturated rings. The van der Waals surface area contributed by atoms with Gasteiger partial charge in [0, 0.05) is 18.2 Å². The summed E-state index contributed by atoms with van der Waals surface area (Å²) in [6.07, 6.45) is 7.83. The summed E-state index contributed by atoms with van der Waals surface area (Å²) in [4.78, 5) is 11.8. The van der Waals surface area contributed by atoms with Gasteiger partial charge in [0.15, 0.2) is 0 Å². The molecule has 0 aromatic carbocycles. The Hall–Kier alpha value is -1.16. The highest BCUT2D eigenvalue weighted by Crippen LogP contribution is 2.28. The van der Waals surface area contributed by atoms with E-state index in [2.05, 4.69) is 5.10 Å². The lowest BCUT2D eigenvalue weighted by atomic mass is 9.97. The number of aromatic nitrogens is 2. The van der Waals surface area contributed by atoms with Gasteiger partial charge in [-0.15, -0.1) is 0 Å². The topological polar surface area (TPSA) is 60.9 Å². The van der Waals surface area contributed by atoms with E-state index in [1.165, 1.54) is 25.7 Å². The predicted octanol–water partition coefficient (Wildman–Crippen LogP) is 2.24. The zero-order valence-corrected chi connectivity index (χ0v) is 11.4. The quantitative estimate of drug-likeness (QED) is 0.870.